The van der Waals surface area contributed by atoms with Crippen LogP contribution in [0.25, 0.3) is 0 Å². The molecule has 2 atom stereocenters. The molecule has 0 unspecified atom stereocenters. The first kappa shape index (κ1) is 14.8. The fourth-order valence-electron chi connectivity index (χ4n) is 2.64. The number of nitrogens with two attached hydrogens (primary N) is 1. The van der Waals surface area contributed by atoms with E-state index in [2.05, 4.69) is 0 Å². The topological polar surface area (TPSA) is 72.6 Å². The monoisotopic (exact) mass is 306 g/mol. The van der Waals surface area contributed by atoms with Crippen LogP contribution in [0.15, 0.2) is 24.3 Å². The smallest absolute Gasteiger partial charge is 0.254 e. The van der Waals surface area contributed by atoms with Gasteiger partial charge in [-0.3, -0.25) is 9.59 Å². The van der Waals surface area contributed by atoms with Crippen molar-refractivity contribution >= 4 is 11.8 Å². The number of carbonyl (C=O) groups is 2. The van der Waals surface area contributed by atoms with E-state index in [0.29, 0.717) is 23.8 Å². The van der Waals surface area contributed by atoms with Crippen molar-refractivity contribution in [2.75, 3.05) is 13.2 Å². The van der Waals surface area contributed by atoms with E-state index in [4.69, 9.17) is 10.5 Å². The van der Waals surface area contributed by atoms with Crippen LogP contribution in [-0.2, 0) is 4.79 Å². The van der Waals surface area contributed by atoms with Gasteiger partial charge < -0.3 is 15.4 Å². The molecule has 118 valence electrons. The zero-order valence-electron chi connectivity index (χ0n) is 12.2. The summed E-state index contributed by atoms with van der Waals surface area (Å²) < 4.78 is 19.1. The molecule has 22 heavy (non-hydrogen) atoms. The highest BCUT2D eigenvalue weighted by molar-refractivity contribution is 5.97. The summed E-state index contributed by atoms with van der Waals surface area (Å²) >= 11 is 0. The number of primary amides is 1. The van der Waals surface area contributed by atoms with Crippen LogP contribution in [0.4, 0.5) is 4.39 Å². The number of alkyl halides is 1. The van der Waals surface area contributed by atoms with Crippen molar-refractivity contribution < 1.29 is 18.7 Å². The van der Waals surface area contributed by atoms with Gasteiger partial charge in [0.25, 0.3) is 5.91 Å². The summed E-state index contributed by atoms with van der Waals surface area (Å²) in [4.78, 5) is 25.0. The molecule has 2 N–H and O–H groups in total. The van der Waals surface area contributed by atoms with Crippen molar-refractivity contribution in [2.24, 2.45) is 11.7 Å². The minimum atomic E-state index is -1.21. The van der Waals surface area contributed by atoms with Gasteiger partial charge in [-0.2, -0.15) is 0 Å². The number of hydrogen-bond donors (Lipinski definition) is 1. The van der Waals surface area contributed by atoms with E-state index in [1.165, 1.54) is 17.7 Å². The standard InChI is InChI=1S/C16H19FN2O3/c17-12-7-14(15(18)20)19(8-12)16(21)11-3-5-13(6-4-11)22-9-10-1-2-10/h3-6,10,12,14H,1-2,7-9H2,(H2,18,20)/t12-,14+/m1/s1. The fraction of sp³-hybridized carbons (Fsp3) is 0.500. The molecular formula is C16H19FN2O3. The highest BCUT2D eigenvalue weighted by atomic mass is 19.1. The summed E-state index contributed by atoms with van der Waals surface area (Å²) in [6.45, 7) is 0.610. The molecular weight excluding hydrogens is 287 g/mol. The quantitative estimate of drug-likeness (QED) is 0.896. The second kappa shape index (κ2) is 5.94. The fourth-order valence-corrected chi connectivity index (χ4v) is 2.64. The summed E-state index contributed by atoms with van der Waals surface area (Å²) in [6, 6.07) is 5.84. The molecule has 1 aromatic carbocycles. The predicted molar refractivity (Wildman–Crippen MR) is 78.2 cm³/mol. The number of carbonyl (C=O) groups excluding carboxylic acids is 2. The molecule has 3 rings (SSSR count). The molecule has 1 aliphatic carbocycles. The summed E-state index contributed by atoms with van der Waals surface area (Å²) in [5, 5.41) is 0. The Labute approximate surface area is 128 Å². The van der Waals surface area contributed by atoms with Gasteiger partial charge in [-0.1, -0.05) is 0 Å². The molecule has 1 saturated carbocycles. The van der Waals surface area contributed by atoms with Crippen LogP contribution < -0.4 is 10.5 Å². The highest BCUT2D eigenvalue weighted by Crippen LogP contribution is 2.29. The van der Waals surface area contributed by atoms with Crippen molar-refractivity contribution in [3.63, 3.8) is 0 Å². The molecule has 2 aliphatic rings. The van der Waals surface area contributed by atoms with E-state index in [9.17, 15) is 14.0 Å². The van der Waals surface area contributed by atoms with E-state index in [-0.39, 0.29) is 18.9 Å². The Hall–Kier alpha value is -2.11. The molecule has 1 aliphatic heterocycles. The molecule has 0 radical (unpaired) electrons. The number of rotatable bonds is 5. The summed E-state index contributed by atoms with van der Waals surface area (Å²) in [7, 11) is 0. The number of benzene rings is 1. The third-order valence-corrected chi connectivity index (χ3v) is 4.12. The van der Waals surface area contributed by atoms with Gasteiger partial charge in [0.15, 0.2) is 0 Å². The Morgan fingerprint density at radius 2 is 1.95 bits per heavy atom. The number of halogens is 1. The average Bonchev–Trinajstić information content (AvgIpc) is 3.25. The minimum Gasteiger partial charge on any atom is -0.493 e. The Kier molecular flexibility index (Phi) is 4.00. The molecule has 5 nitrogen and oxygen atoms in total. The minimum absolute atomic E-state index is 0.0242. The van der Waals surface area contributed by atoms with Crippen LogP contribution in [-0.4, -0.2) is 42.1 Å². The number of ether oxygens (including phenoxy) is 1. The summed E-state index contributed by atoms with van der Waals surface area (Å²) in [5.74, 6) is 0.319. The molecule has 2 fully saturated rings. The zero-order valence-corrected chi connectivity index (χ0v) is 12.2. The van der Waals surface area contributed by atoms with Crippen LogP contribution in [0.5, 0.6) is 5.75 Å². The van der Waals surface area contributed by atoms with E-state index in [1.54, 1.807) is 24.3 Å². The van der Waals surface area contributed by atoms with Gasteiger partial charge >= 0.3 is 0 Å². The second-order valence-corrected chi connectivity index (χ2v) is 5.99. The van der Waals surface area contributed by atoms with Gasteiger partial charge in [0.1, 0.15) is 18.0 Å². The van der Waals surface area contributed by atoms with E-state index < -0.39 is 18.1 Å². The van der Waals surface area contributed by atoms with Gasteiger partial charge in [-0.25, -0.2) is 4.39 Å². The Morgan fingerprint density at radius 3 is 2.55 bits per heavy atom. The number of nitrogens with zero attached hydrogens (tertiary/aromatic N) is 1. The maximum absolute atomic E-state index is 13.5. The maximum atomic E-state index is 13.5. The van der Waals surface area contributed by atoms with E-state index in [0.717, 1.165) is 0 Å². The lowest BCUT2D eigenvalue weighted by Gasteiger charge is -2.21. The lowest BCUT2D eigenvalue weighted by atomic mass is 10.1. The van der Waals surface area contributed by atoms with Crippen molar-refractivity contribution in [3.05, 3.63) is 29.8 Å². The molecule has 1 saturated heterocycles. The van der Waals surface area contributed by atoms with Crippen molar-refractivity contribution in [1.82, 2.24) is 4.90 Å². The van der Waals surface area contributed by atoms with Gasteiger partial charge in [-0.15, -0.1) is 0 Å². The van der Waals surface area contributed by atoms with Crippen molar-refractivity contribution in [3.8, 4) is 5.75 Å². The Balaban J connectivity index is 1.66. The number of amides is 2. The lowest BCUT2D eigenvalue weighted by molar-refractivity contribution is -0.121. The summed E-state index contributed by atoms with van der Waals surface area (Å²) in [5.41, 5.74) is 5.65. The van der Waals surface area contributed by atoms with Crippen LogP contribution in [0.3, 0.4) is 0 Å². The second-order valence-electron chi connectivity index (χ2n) is 5.99. The molecule has 1 heterocycles. The van der Waals surface area contributed by atoms with Gasteiger partial charge in [0, 0.05) is 12.0 Å². The van der Waals surface area contributed by atoms with Gasteiger partial charge in [-0.05, 0) is 43.0 Å². The Morgan fingerprint density at radius 1 is 1.27 bits per heavy atom. The first-order chi connectivity index (χ1) is 10.5. The normalized spacial score (nSPS) is 24.3. The first-order valence-corrected chi connectivity index (χ1v) is 7.52. The number of hydrogen-bond acceptors (Lipinski definition) is 3. The molecule has 6 heteroatoms. The van der Waals surface area contributed by atoms with Crippen molar-refractivity contribution in [1.29, 1.82) is 0 Å². The molecule has 0 spiro atoms. The van der Waals surface area contributed by atoms with Crippen LogP contribution >= 0.6 is 0 Å². The van der Waals surface area contributed by atoms with E-state index in [1.807, 2.05) is 0 Å². The first-order valence-electron chi connectivity index (χ1n) is 7.52. The predicted octanol–water partition coefficient (Wildman–Crippen LogP) is 1.51. The average molecular weight is 306 g/mol. The van der Waals surface area contributed by atoms with Crippen molar-refractivity contribution in [2.45, 2.75) is 31.5 Å². The van der Waals surface area contributed by atoms with Gasteiger partial charge in [0.2, 0.25) is 5.91 Å². The van der Waals surface area contributed by atoms with E-state index >= 15 is 0 Å². The van der Waals surface area contributed by atoms with Crippen LogP contribution in [0.2, 0.25) is 0 Å². The molecule has 0 bridgehead atoms. The van der Waals surface area contributed by atoms with Crippen LogP contribution in [0, 0.1) is 5.92 Å². The lowest BCUT2D eigenvalue weighted by Crippen LogP contribution is -2.43. The SMILES string of the molecule is NC(=O)[C@@H]1C[C@@H](F)CN1C(=O)c1ccc(OCC2CC2)cc1. The number of likely N-dealkylation sites (tertiary alicyclic amines) is 1. The molecule has 1 aromatic rings. The van der Waals surface area contributed by atoms with Gasteiger partial charge in [0.05, 0.1) is 13.2 Å². The largest absolute Gasteiger partial charge is 0.493 e. The molecule has 2 amide bonds. The third kappa shape index (κ3) is 3.21. The van der Waals surface area contributed by atoms with Crippen LogP contribution in [0.1, 0.15) is 29.6 Å². The molecule has 0 aromatic heterocycles. The highest BCUT2D eigenvalue weighted by Gasteiger charge is 2.39. The summed E-state index contributed by atoms with van der Waals surface area (Å²) in [6.07, 6.45) is 1.20. The Bertz CT molecular complexity index is 571. The third-order valence-electron chi connectivity index (χ3n) is 4.12. The zero-order chi connectivity index (χ0) is 15.7. The maximum Gasteiger partial charge on any atom is 0.254 e.